The van der Waals surface area contributed by atoms with Crippen molar-refractivity contribution in [1.29, 1.82) is 0 Å². The summed E-state index contributed by atoms with van der Waals surface area (Å²) in [5.41, 5.74) is 1.72. The van der Waals surface area contributed by atoms with Crippen LogP contribution in [-0.2, 0) is 16.5 Å². The summed E-state index contributed by atoms with van der Waals surface area (Å²) in [6, 6.07) is 9.22. The average Bonchev–Trinajstić information content (AvgIpc) is 2.96. The first kappa shape index (κ1) is 17.1. The minimum atomic E-state index is -2.52. The molecule has 0 aliphatic rings. The third kappa shape index (κ3) is 3.67. The van der Waals surface area contributed by atoms with Crippen molar-refractivity contribution in [2.24, 2.45) is 0 Å². The van der Waals surface area contributed by atoms with Crippen molar-refractivity contribution in [3.8, 4) is 17.1 Å². The largest absolute Gasteiger partial charge is 0.281 e. The molecular formula is C15H11ClN4O4S. The molecule has 2 aromatic heterocycles. The van der Waals surface area contributed by atoms with Gasteiger partial charge in [0, 0.05) is 23.9 Å². The standard InChI is InChI=1S/C15H11ClN4O4S/c16-15-14(11-2-4-12(5-3-11)20(21)22)19(9-18-15)13-6-1-10(7-17-13)8-25(23)24/h1-7,9,25H,8H2. The van der Waals surface area contributed by atoms with Crippen LogP contribution >= 0.6 is 11.6 Å². The molecule has 0 saturated heterocycles. The number of rotatable bonds is 5. The van der Waals surface area contributed by atoms with Crippen molar-refractivity contribution in [3.63, 3.8) is 0 Å². The maximum Gasteiger partial charge on any atom is 0.269 e. The number of nitrogens with zero attached hydrogens (tertiary/aromatic N) is 4. The van der Waals surface area contributed by atoms with E-state index in [-0.39, 0.29) is 16.6 Å². The van der Waals surface area contributed by atoms with Gasteiger partial charge in [0.1, 0.15) is 22.8 Å². The first-order valence-corrected chi connectivity index (χ1v) is 8.74. The zero-order valence-corrected chi connectivity index (χ0v) is 14.2. The molecular weight excluding hydrogens is 368 g/mol. The fourth-order valence-corrected chi connectivity index (χ4v) is 3.03. The highest BCUT2D eigenvalue weighted by molar-refractivity contribution is 7.71. The second-order valence-corrected chi connectivity index (χ2v) is 6.41. The number of pyridine rings is 1. The van der Waals surface area contributed by atoms with Crippen LogP contribution in [0.2, 0.25) is 5.15 Å². The number of benzene rings is 1. The Morgan fingerprint density at radius 1 is 1.12 bits per heavy atom. The van der Waals surface area contributed by atoms with Crippen LogP contribution in [0.1, 0.15) is 5.56 Å². The van der Waals surface area contributed by atoms with Crippen LogP contribution in [0, 0.1) is 10.1 Å². The van der Waals surface area contributed by atoms with E-state index in [1.165, 1.54) is 24.7 Å². The summed E-state index contributed by atoms with van der Waals surface area (Å²) >= 11 is 6.16. The van der Waals surface area contributed by atoms with Gasteiger partial charge < -0.3 is 0 Å². The first-order valence-electron chi connectivity index (χ1n) is 7.00. The van der Waals surface area contributed by atoms with Gasteiger partial charge in [-0.25, -0.2) is 18.4 Å². The molecule has 0 bridgehead atoms. The monoisotopic (exact) mass is 378 g/mol. The Morgan fingerprint density at radius 2 is 1.84 bits per heavy atom. The number of nitro groups is 1. The molecule has 0 unspecified atom stereocenters. The minimum Gasteiger partial charge on any atom is -0.281 e. The Labute approximate surface area is 148 Å². The van der Waals surface area contributed by atoms with Gasteiger partial charge in [0.05, 0.1) is 16.4 Å². The van der Waals surface area contributed by atoms with Crippen molar-refractivity contribution in [2.45, 2.75) is 5.75 Å². The van der Waals surface area contributed by atoms with Crippen LogP contribution in [0.3, 0.4) is 0 Å². The summed E-state index contributed by atoms with van der Waals surface area (Å²) in [4.78, 5) is 18.6. The van der Waals surface area contributed by atoms with Gasteiger partial charge in [-0.05, 0) is 23.8 Å². The molecule has 0 radical (unpaired) electrons. The third-order valence-electron chi connectivity index (χ3n) is 3.44. The molecule has 0 spiro atoms. The van der Waals surface area contributed by atoms with Crippen LogP contribution < -0.4 is 0 Å². The fraction of sp³-hybridized carbons (Fsp3) is 0.0667. The Bertz CT molecular complexity index is 989. The fourth-order valence-electron chi connectivity index (χ4n) is 2.30. The van der Waals surface area contributed by atoms with E-state index in [1.807, 2.05) is 0 Å². The molecule has 2 heterocycles. The number of imidazole rings is 1. The predicted octanol–water partition coefficient (Wildman–Crippen LogP) is 2.61. The number of aromatic nitrogens is 3. The number of hydrogen-bond donors (Lipinski definition) is 1. The molecule has 8 nitrogen and oxygen atoms in total. The van der Waals surface area contributed by atoms with Crippen molar-refractivity contribution >= 4 is 28.0 Å². The van der Waals surface area contributed by atoms with E-state index < -0.39 is 15.6 Å². The summed E-state index contributed by atoms with van der Waals surface area (Å²) in [7, 11) is -2.52. The predicted molar refractivity (Wildman–Crippen MR) is 92.5 cm³/mol. The highest BCUT2D eigenvalue weighted by Crippen LogP contribution is 2.30. The molecule has 128 valence electrons. The smallest absolute Gasteiger partial charge is 0.269 e. The highest BCUT2D eigenvalue weighted by atomic mass is 35.5. The molecule has 0 fully saturated rings. The molecule has 0 saturated carbocycles. The zero-order valence-electron chi connectivity index (χ0n) is 12.6. The van der Waals surface area contributed by atoms with Gasteiger partial charge in [-0.1, -0.05) is 17.7 Å². The molecule has 10 heteroatoms. The summed E-state index contributed by atoms with van der Waals surface area (Å²) in [5, 5.41) is 11.0. The normalized spacial score (nSPS) is 11.0. The van der Waals surface area contributed by atoms with E-state index in [1.54, 1.807) is 28.8 Å². The first-order chi connectivity index (χ1) is 12.0. The molecule has 3 aromatic rings. The van der Waals surface area contributed by atoms with Gasteiger partial charge in [0.15, 0.2) is 5.15 Å². The van der Waals surface area contributed by atoms with Gasteiger partial charge in [-0.15, -0.1) is 0 Å². The van der Waals surface area contributed by atoms with Gasteiger partial charge in [-0.3, -0.25) is 14.7 Å². The van der Waals surface area contributed by atoms with E-state index in [2.05, 4.69) is 9.97 Å². The van der Waals surface area contributed by atoms with Crippen LogP contribution in [0.15, 0.2) is 48.9 Å². The minimum absolute atomic E-state index is 0.0276. The maximum absolute atomic E-state index is 10.8. The SMILES string of the molecule is O=[N+]([O-])c1ccc(-c2c(Cl)ncn2-c2ccc(C[SH](=O)=O)cn2)cc1. The number of thiol groups is 1. The molecule has 25 heavy (non-hydrogen) atoms. The number of hydrogen-bond acceptors (Lipinski definition) is 6. The van der Waals surface area contributed by atoms with E-state index in [9.17, 15) is 18.5 Å². The van der Waals surface area contributed by atoms with Gasteiger partial charge >= 0.3 is 0 Å². The molecule has 1 aromatic carbocycles. The Hall–Kier alpha value is -2.78. The second kappa shape index (κ2) is 6.99. The Balaban J connectivity index is 2.00. The lowest BCUT2D eigenvalue weighted by molar-refractivity contribution is -0.384. The van der Waals surface area contributed by atoms with Gasteiger partial charge in [-0.2, -0.15) is 0 Å². The van der Waals surface area contributed by atoms with Crippen molar-refractivity contribution in [2.75, 3.05) is 0 Å². The molecule has 0 amide bonds. The van der Waals surface area contributed by atoms with Crippen molar-refractivity contribution < 1.29 is 13.3 Å². The lowest BCUT2D eigenvalue weighted by atomic mass is 10.1. The Kier molecular flexibility index (Phi) is 4.77. The number of nitro benzene ring substituents is 1. The Morgan fingerprint density at radius 3 is 2.40 bits per heavy atom. The highest BCUT2D eigenvalue weighted by Gasteiger charge is 2.15. The molecule has 0 aliphatic heterocycles. The average molecular weight is 379 g/mol. The maximum atomic E-state index is 10.8. The lowest BCUT2D eigenvalue weighted by Crippen LogP contribution is -2.00. The van der Waals surface area contributed by atoms with Crippen LogP contribution in [0.25, 0.3) is 17.1 Å². The van der Waals surface area contributed by atoms with E-state index >= 15 is 0 Å². The molecule has 0 atom stereocenters. The number of non-ortho nitro benzene ring substituents is 1. The molecule has 0 aliphatic carbocycles. The van der Waals surface area contributed by atoms with Crippen LogP contribution in [0.4, 0.5) is 5.69 Å². The van der Waals surface area contributed by atoms with Gasteiger partial charge in [0.2, 0.25) is 0 Å². The van der Waals surface area contributed by atoms with Gasteiger partial charge in [0.25, 0.3) is 5.69 Å². The summed E-state index contributed by atoms with van der Waals surface area (Å²) in [5.74, 6) is 0.417. The second-order valence-electron chi connectivity index (χ2n) is 5.07. The van der Waals surface area contributed by atoms with E-state index in [4.69, 9.17) is 11.6 Å². The lowest BCUT2D eigenvalue weighted by Gasteiger charge is -2.08. The summed E-state index contributed by atoms with van der Waals surface area (Å²) < 4.78 is 23.2. The van der Waals surface area contributed by atoms with Crippen LogP contribution in [-0.4, -0.2) is 27.9 Å². The summed E-state index contributed by atoms with van der Waals surface area (Å²) in [6.07, 6.45) is 2.95. The third-order valence-corrected chi connectivity index (χ3v) is 4.34. The molecule has 0 N–H and O–H groups in total. The molecule has 3 rings (SSSR count). The number of halogens is 1. The zero-order chi connectivity index (χ0) is 18.0. The quantitative estimate of drug-likeness (QED) is 0.415. The summed E-state index contributed by atoms with van der Waals surface area (Å²) in [6.45, 7) is 0. The van der Waals surface area contributed by atoms with Crippen molar-refractivity contribution in [3.05, 3.63) is 69.8 Å². The van der Waals surface area contributed by atoms with E-state index in [0.29, 0.717) is 22.6 Å². The van der Waals surface area contributed by atoms with Crippen LogP contribution in [0.5, 0.6) is 0 Å². The van der Waals surface area contributed by atoms with E-state index in [0.717, 1.165) is 0 Å². The van der Waals surface area contributed by atoms with Crippen molar-refractivity contribution in [1.82, 2.24) is 14.5 Å². The topological polar surface area (TPSA) is 108 Å².